The maximum absolute atomic E-state index is 13.0. The Kier molecular flexibility index (Phi) is 10.00. The third-order valence-electron chi connectivity index (χ3n) is 8.07. The number of aromatic hydroxyl groups is 1. The van der Waals surface area contributed by atoms with Crippen LogP contribution in [0.15, 0.2) is 78.8 Å². The topological polar surface area (TPSA) is 131 Å². The number of nitrogens with one attached hydrogen (secondary N) is 1. The lowest BCUT2D eigenvalue weighted by Crippen LogP contribution is -2.38. The van der Waals surface area contributed by atoms with Crippen molar-refractivity contribution in [3.05, 3.63) is 83.0 Å². The largest absolute Gasteiger partial charge is 0.507 e. The summed E-state index contributed by atoms with van der Waals surface area (Å²) in [6, 6.07) is 14.0. The van der Waals surface area contributed by atoms with Gasteiger partial charge in [0.15, 0.2) is 5.13 Å². The molecule has 2 N–H and O–H groups in total. The number of thioether (sulfide) groups is 1. The zero-order chi connectivity index (χ0) is 33.0. The molecular weight excluding hydrogens is 637 g/mol. The minimum atomic E-state index is -0.492. The Hall–Kier alpha value is -4.13. The third-order valence-corrected chi connectivity index (χ3v) is 10.2. The second-order valence-corrected chi connectivity index (χ2v) is 14.9. The molecule has 4 heterocycles. The number of hydrogen-bond donors (Lipinski definition) is 2. The molecule has 0 unspecified atom stereocenters. The quantitative estimate of drug-likeness (QED) is 0.0835. The summed E-state index contributed by atoms with van der Waals surface area (Å²) in [4.78, 5) is 36.3. The molecule has 0 radical (unpaired) electrons. The van der Waals surface area contributed by atoms with Gasteiger partial charge in [0.05, 0.1) is 34.3 Å². The van der Waals surface area contributed by atoms with Gasteiger partial charge in [-0.15, -0.1) is 11.8 Å². The van der Waals surface area contributed by atoms with Gasteiger partial charge in [-0.25, -0.2) is 14.8 Å². The van der Waals surface area contributed by atoms with Crippen LogP contribution in [0.3, 0.4) is 0 Å². The molecule has 6 rings (SSSR count). The summed E-state index contributed by atoms with van der Waals surface area (Å²) in [5, 5.41) is 14.9. The van der Waals surface area contributed by atoms with Crippen LogP contribution in [-0.2, 0) is 16.0 Å². The number of hydrogen-bond acceptors (Lipinski definition) is 11. The highest BCUT2D eigenvalue weighted by molar-refractivity contribution is 8.00. The molecule has 0 saturated carbocycles. The molecule has 2 aromatic carbocycles. The van der Waals surface area contributed by atoms with Gasteiger partial charge in [0.25, 0.3) is 0 Å². The van der Waals surface area contributed by atoms with Crippen LogP contribution in [-0.4, -0.2) is 52.1 Å². The predicted molar refractivity (Wildman–Crippen MR) is 184 cm³/mol. The van der Waals surface area contributed by atoms with Crippen molar-refractivity contribution in [2.24, 2.45) is 5.92 Å². The maximum Gasteiger partial charge on any atom is 0.336 e. The lowest BCUT2D eigenvalue weighted by atomic mass is 9.94. The standard InChI is InChI=1S/C35H38N4O6S2/c1-35(2,3)28-19-36-29(45-28)21-46-31-20-37-34(47-31)38-33(42)23-10-13-39(14-11-23)12-7-15-43-24-16-26(40)32-25(22-8-5-4-6-9-22)18-30(41)44-27(32)17-24/h4-6,8-9,16-20,23,40H,7,10-15,21H2,1-3H3,(H,37,38,42). The molecule has 3 aromatic heterocycles. The number of aromatic nitrogens is 2. The number of rotatable bonds is 11. The van der Waals surface area contributed by atoms with Crippen LogP contribution < -0.4 is 15.7 Å². The zero-order valence-electron chi connectivity index (χ0n) is 26.7. The average Bonchev–Trinajstić information content (AvgIpc) is 3.72. The molecular formula is C35H38N4O6S2. The molecule has 1 aliphatic rings. The van der Waals surface area contributed by atoms with Gasteiger partial charge in [0.2, 0.25) is 11.8 Å². The average molecular weight is 675 g/mol. The summed E-state index contributed by atoms with van der Waals surface area (Å²) in [7, 11) is 0. The number of carbonyl (C=O) groups excluding carboxylic acids is 1. The summed E-state index contributed by atoms with van der Waals surface area (Å²) in [6.45, 7) is 9.20. The third kappa shape index (κ3) is 8.24. The molecule has 5 aromatic rings. The minimum Gasteiger partial charge on any atom is -0.507 e. The number of phenolic OH excluding ortho intramolecular Hbond substituents is 1. The van der Waals surface area contributed by atoms with Crippen molar-refractivity contribution >= 4 is 45.1 Å². The summed E-state index contributed by atoms with van der Waals surface area (Å²) in [6.07, 6.45) is 5.90. The molecule has 1 aliphatic heterocycles. The van der Waals surface area contributed by atoms with Crippen molar-refractivity contribution in [2.45, 2.75) is 55.4 Å². The Morgan fingerprint density at radius 3 is 2.64 bits per heavy atom. The van der Waals surface area contributed by atoms with E-state index >= 15 is 0 Å². The zero-order valence-corrected chi connectivity index (χ0v) is 28.3. The van der Waals surface area contributed by atoms with Gasteiger partial charge >= 0.3 is 5.63 Å². The first-order valence-electron chi connectivity index (χ1n) is 15.7. The number of carbonyl (C=O) groups is 1. The van der Waals surface area contributed by atoms with Crippen molar-refractivity contribution < 1.29 is 23.5 Å². The lowest BCUT2D eigenvalue weighted by Gasteiger charge is -2.31. The highest BCUT2D eigenvalue weighted by Gasteiger charge is 2.26. The van der Waals surface area contributed by atoms with E-state index in [1.807, 2.05) is 30.3 Å². The number of fused-ring (bicyclic) bond motifs is 1. The molecule has 1 fully saturated rings. The Labute approximate surface area is 281 Å². The van der Waals surface area contributed by atoms with Crippen molar-refractivity contribution in [1.82, 2.24) is 14.9 Å². The van der Waals surface area contributed by atoms with Gasteiger partial charge in [0.1, 0.15) is 22.8 Å². The van der Waals surface area contributed by atoms with Crippen molar-refractivity contribution in [2.75, 3.05) is 31.6 Å². The van der Waals surface area contributed by atoms with Gasteiger partial charge in [-0.3, -0.25) is 4.79 Å². The molecule has 12 heteroatoms. The molecule has 246 valence electrons. The van der Waals surface area contributed by atoms with Gasteiger partial charge < -0.3 is 28.9 Å². The van der Waals surface area contributed by atoms with Crippen molar-refractivity contribution in [3.8, 4) is 22.6 Å². The van der Waals surface area contributed by atoms with Gasteiger partial charge in [-0.2, -0.15) is 0 Å². The Balaban J connectivity index is 0.930. The first kappa shape index (κ1) is 32.8. The van der Waals surface area contributed by atoms with E-state index in [4.69, 9.17) is 13.6 Å². The number of oxazole rings is 1. The fraction of sp³-hybridized carbons (Fsp3) is 0.371. The second kappa shape index (κ2) is 14.3. The van der Waals surface area contributed by atoms with Crippen LogP contribution in [0.2, 0.25) is 0 Å². The van der Waals surface area contributed by atoms with Crippen LogP contribution in [0.5, 0.6) is 11.5 Å². The number of likely N-dealkylation sites (tertiary alicyclic amines) is 1. The number of amides is 1. The smallest absolute Gasteiger partial charge is 0.336 e. The summed E-state index contributed by atoms with van der Waals surface area (Å²) in [5.74, 6) is 2.54. The first-order valence-corrected chi connectivity index (χ1v) is 17.5. The van der Waals surface area contributed by atoms with E-state index in [1.165, 1.54) is 17.4 Å². The molecule has 10 nitrogen and oxygen atoms in total. The highest BCUT2D eigenvalue weighted by Crippen LogP contribution is 2.37. The first-order chi connectivity index (χ1) is 22.6. The normalized spacial score (nSPS) is 14.4. The molecule has 0 bridgehead atoms. The van der Waals surface area contributed by atoms with Crippen molar-refractivity contribution in [1.29, 1.82) is 0 Å². The monoisotopic (exact) mass is 674 g/mol. The van der Waals surface area contributed by atoms with Crippen LogP contribution in [0.1, 0.15) is 51.7 Å². The van der Waals surface area contributed by atoms with Crippen LogP contribution in [0.25, 0.3) is 22.1 Å². The van der Waals surface area contributed by atoms with E-state index < -0.39 is 5.63 Å². The summed E-state index contributed by atoms with van der Waals surface area (Å²) >= 11 is 3.05. The second-order valence-electron chi connectivity index (χ2n) is 12.6. The van der Waals surface area contributed by atoms with Crippen LogP contribution in [0.4, 0.5) is 5.13 Å². The van der Waals surface area contributed by atoms with E-state index in [0.29, 0.717) is 40.1 Å². The van der Waals surface area contributed by atoms with Gasteiger partial charge in [-0.1, -0.05) is 62.4 Å². The van der Waals surface area contributed by atoms with Crippen molar-refractivity contribution in [3.63, 3.8) is 0 Å². The lowest BCUT2D eigenvalue weighted by molar-refractivity contribution is -0.121. The predicted octanol–water partition coefficient (Wildman–Crippen LogP) is 7.32. The van der Waals surface area contributed by atoms with Crippen LogP contribution in [0, 0.1) is 5.92 Å². The van der Waals surface area contributed by atoms with Gasteiger partial charge in [-0.05, 0) is 37.9 Å². The number of piperidine rings is 1. The molecule has 0 spiro atoms. The maximum atomic E-state index is 13.0. The van der Waals surface area contributed by atoms with E-state index in [9.17, 15) is 14.7 Å². The fourth-order valence-electron chi connectivity index (χ4n) is 5.53. The molecule has 1 amide bonds. The highest BCUT2D eigenvalue weighted by atomic mass is 32.2. The number of ether oxygens (including phenoxy) is 1. The molecule has 0 aliphatic carbocycles. The number of nitrogens with zero attached hydrogens (tertiary/aromatic N) is 3. The van der Waals surface area contributed by atoms with Gasteiger partial charge in [0, 0.05) is 41.6 Å². The van der Waals surface area contributed by atoms with E-state index in [2.05, 4.69) is 41.0 Å². The molecule has 0 atom stereocenters. The Bertz CT molecular complexity index is 1890. The number of phenols is 1. The van der Waals surface area contributed by atoms with Crippen LogP contribution >= 0.6 is 23.1 Å². The number of thiazole rings is 1. The SMILES string of the molecule is CC(C)(C)c1cnc(CSc2cnc(NC(=O)C3CCN(CCCOc4cc(O)c5c(-c6ccccc6)cc(=O)oc5c4)CC3)s2)o1. The fourth-order valence-corrected chi connectivity index (χ4v) is 7.26. The molecule has 47 heavy (non-hydrogen) atoms. The summed E-state index contributed by atoms with van der Waals surface area (Å²) < 4.78 is 18.2. The van der Waals surface area contributed by atoms with E-state index in [1.54, 1.807) is 36.3 Å². The minimum absolute atomic E-state index is 0.00550. The summed E-state index contributed by atoms with van der Waals surface area (Å²) in [5.41, 5.74) is 1.14. The Morgan fingerprint density at radius 2 is 1.89 bits per heavy atom. The number of anilines is 1. The van der Waals surface area contributed by atoms with E-state index in [-0.39, 0.29) is 28.6 Å². The Morgan fingerprint density at radius 1 is 1.11 bits per heavy atom. The van der Waals surface area contributed by atoms with E-state index in [0.717, 1.165) is 54.4 Å². The molecule has 1 saturated heterocycles. The number of benzene rings is 2.